The number of aliphatic hydroxyl groups is 2. The number of aliphatic hydroxyl groups excluding tert-OH is 2. The number of thioether (sulfide) groups is 1. The molecule has 59 heavy (non-hydrogen) atoms. The van der Waals surface area contributed by atoms with E-state index >= 15 is 0 Å². The van der Waals surface area contributed by atoms with E-state index in [-0.39, 0.29) is 61.0 Å². The maximum absolute atomic E-state index is 11.6. The predicted molar refractivity (Wildman–Crippen MR) is 227 cm³/mol. The van der Waals surface area contributed by atoms with E-state index in [0.29, 0.717) is 42.1 Å². The number of nitro groups is 1. The number of non-ortho nitro benzene ring substituents is 1. The van der Waals surface area contributed by atoms with Gasteiger partial charge in [-0.3, -0.25) is 14.9 Å². The number of rotatable bonds is 20. The molecule has 0 bridgehead atoms. The summed E-state index contributed by atoms with van der Waals surface area (Å²) in [7, 11) is 0. The van der Waals surface area contributed by atoms with Gasteiger partial charge in [-0.2, -0.15) is 0 Å². The SMILES string of the molecule is C=CCOC12Oc3ccc(Oc4cccc(C=O)c4)cc3C3C(CCCCO)C(CCCCO)C=C(C(=NOCc4ccc([N+](=O)[O-])cc4)CC1Sc1ccccc1)C32. The summed E-state index contributed by atoms with van der Waals surface area (Å²) in [5.41, 5.74) is 3.99. The minimum atomic E-state index is -1.17. The molecule has 11 nitrogen and oxygen atoms in total. The van der Waals surface area contributed by atoms with Crippen LogP contribution < -0.4 is 9.47 Å². The number of hydrogen-bond donors (Lipinski definition) is 2. The van der Waals surface area contributed by atoms with Crippen molar-refractivity contribution in [3.63, 3.8) is 0 Å². The van der Waals surface area contributed by atoms with Crippen molar-refractivity contribution in [3.05, 3.63) is 148 Å². The number of unbranched alkanes of at least 4 members (excludes halogenated alkanes) is 2. The molecule has 1 fully saturated rings. The van der Waals surface area contributed by atoms with Crippen LogP contribution in [0.1, 0.15) is 72.3 Å². The lowest BCUT2D eigenvalue weighted by atomic mass is 9.56. The van der Waals surface area contributed by atoms with Crippen molar-refractivity contribution < 1.29 is 39.0 Å². The summed E-state index contributed by atoms with van der Waals surface area (Å²) in [5, 5.41) is 35.6. The van der Waals surface area contributed by atoms with Gasteiger partial charge in [0.1, 0.15) is 30.1 Å². The van der Waals surface area contributed by atoms with E-state index < -0.39 is 10.7 Å². The van der Waals surface area contributed by atoms with E-state index in [1.807, 2.05) is 42.5 Å². The number of ether oxygens (including phenoxy) is 3. The highest BCUT2D eigenvalue weighted by atomic mass is 32.2. The first kappa shape index (κ1) is 41.9. The highest BCUT2D eigenvalue weighted by molar-refractivity contribution is 8.00. The van der Waals surface area contributed by atoms with E-state index in [4.69, 9.17) is 24.2 Å². The lowest BCUT2D eigenvalue weighted by Crippen LogP contribution is -2.64. The molecule has 4 aromatic carbocycles. The topological polar surface area (TPSA) is 150 Å². The van der Waals surface area contributed by atoms with Crippen molar-refractivity contribution in [2.75, 3.05) is 19.8 Å². The number of carbonyl (C=O) groups excluding carboxylic acids is 1. The van der Waals surface area contributed by atoms with Crippen LogP contribution in [0.4, 0.5) is 5.69 Å². The number of aldehydes is 1. The maximum atomic E-state index is 11.6. The van der Waals surface area contributed by atoms with Crippen molar-refractivity contribution >= 4 is 29.4 Å². The fourth-order valence-electron chi connectivity index (χ4n) is 8.84. The van der Waals surface area contributed by atoms with Gasteiger partial charge in [0, 0.05) is 53.7 Å². The Bertz CT molecular complexity index is 2140. The second-order valence-corrected chi connectivity index (χ2v) is 16.4. The zero-order chi connectivity index (χ0) is 41.2. The fraction of sp³-hybridized carbons (Fsp3) is 0.362. The molecule has 4 aromatic rings. The summed E-state index contributed by atoms with van der Waals surface area (Å²) in [6, 6.07) is 29.4. The summed E-state index contributed by atoms with van der Waals surface area (Å²) in [4.78, 5) is 29.6. The van der Waals surface area contributed by atoms with Gasteiger partial charge < -0.3 is 29.3 Å². The van der Waals surface area contributed by atoms with E-state index in [1.54, 1.807) is 48.2 Å². The number of fused-ring (bicyclic) bond motifs is 2. The monoisotopic (exact) mass is 818 g/mol. The van der Waals surface area contributed by atoms with Gasteiger partial charge in [0.05, 0.1) is 28.4 Å². The van der Waals surface area contributed by atoms with Crippen molar-refractivity contribution in [2.24, 2.45) is 22.9 Å². The molecule has 2 N–H and O–H groups in total. The van der Waals surface area contributed by atoms with E-state index in [9.17, 15) is 25.1 Å². The lowest BCUT2D eigenvalue weighted by Gasteiger charge is -2.58. The third-order valence-electron chi connectivity index (χ3n) is 11.4. The third-order valence-corrected chi connectivity index (χ3v) is 12.7. The van der Waals surface area contributed by atoms with Gasteiger partial charge in [0.25, 0.3) is 5.69 Å². The van der Waals surface area contributed by atoms with Gasteiger partial charge in [-0.1, -0.05) is 60.5 Å². The third kappa shape index (κ3) is 9.47. The largest absolute Gasteiger partial charge is 0.460 e. The highest BCUT2D eigenvalue weighted by Crippen LogP contribution is 2.63. The Morgan fingerprint density at radius 2 is 1.69 bits per heavy atom. The van der Waals surface area contributed by atoms with Crippen LogP contribution in [0.5, 0.6) is 17.2 Å². The summed E-state index contributed by atoms with van der Waals surface area (Å²) in [5.74, 6) is 0.354. The second kappa shape index (κ2) is 19.7. The summed E-state index contributed by atoms with van der Waals surface area (Å²) >= 11 is 1.67. The molecule has 6 unspecified atom stereocenters. The first-order chi connectivity index (χ1) is 28.9. The number of carbonyl (C=O) groups is 1. The van der Waals surface area contributed by atoms with Crippen molar-refractivity contribution in [1.29, 1.82) is 0 Å². The zero-order valence-electron chi connectivity index (χ0n) is 32.9. The normalized spacial score (nSPS) is 23.6. The Morgan fingerprint density at radius 3 is 2.42 bits per heavy atom. The summed E-state index contributed by atoms with van der Waals surface area (Å²) in [6.45, 7) is 4.58. The minimum absolute atomic E-state index is 0.00351. The lowest BCUT2D eigenvalue weighted by molar-refractivity contribution is -0.384. The number of oxime groups is 1. The van der Waals surface area contributed by atoms with Crippen LogP contribution in [-0.4, -0.2) is 58.0 Å². The Balaban J connectivity index is 1.38. The zero-order valence-corrected chi connectivity index (χ0v) is 33.7. The van der Waals surface area contributed by atoms with Crippen LogP contribution in [0.25, 0.3) is 0 Å². The Hall–Kier alpha value is -5.27. The molecule has 12 heteroatoms. The minimum Gasteiger partial charge on any atom is -0.460 e. The number of allylic oxidation sites excluding steroid dienone is 1. The van der Waals surface area contributed by atoms with Crippen LogP contribution in [0.2, 0.25) is 0 Å². The standard InChI is InChI=1S/C47H50N2O9S/c1-2-25-55-47-44(59-38-14-4-3-5-15-38)29-42(48-56-31-32-17-19-35(20-18-32)49(53)54)40-27-34(12-6-8-23-50)39(16-7-9-24-51)45(46(40)47)41-28-37(21-22-43(41)58-47)57-36-13-10-11-33(26-36)30-52/h2-5,10-11,13-15,17-22,26-28,30,34,39,44-46,50-51H,1,6-9,12,16,23-25,29,31H2. The molecule has 6 atom stereocenters. The van der Waals surface area contributed by atoms with Crippen molar-refractivity contribution in [3.8, 4) is 17.2 Å². The van der Waals surface area contributed by atoms with Crippen LogP contribution in [-0.2, 0) is 16.2 Å². The molecule has 0 saturated heterocycles. The number of nitrogens with zero attached hydrogens (tertiary/aromatic N) is 2. The average Bonchev–Trinajstić information content (AvgIpc) is 3.25. The van der Waals surface area contributed by atoms with Gasteiger partial charge in [-0.15, -0.1) is 18.3 Å². The molecular weight excluding hydrogens is 769 g/mol. The first-order valence-corrected chi connectivity index (χ1v) is 21.1. The molecular formula is C47H50N2O9S. The average molecular weight is 819 g/mol. The molecule has 1 saturated carbocycles. The van der Waals surface area contributed by atoms with Crippen LogP contribution in [0, 0.1) is 27.9 Å². The van der Waals surface area contributed by atoms with Gasteiger partial charge in [0.15, 0.2) is 0 Å². The Labute approximate surface area is 348 Å². The van der Waals surface area contributed by atoms with E-state index in [1.165, 1.54) is 12.1 Å². The van der Waals surface area contributed by atoms with E-state index in [0.717, 1.165) is 59.3 Å². The first-order valence-electron chi connectivity index (χ1n) is 20.3. The fourth-order valence-corrected chi connectivity index (χ4v) is 10.1. The molecule has 7 rings (SSSR count). The van der Waals surface area contributed by atoms with Crippen molar-refractivity contribution in [2.45, 2.75) is 73.4 Å². The maximum Gasteiger partial charge on any atom is 0.269 e. The van der Waals surface area contributed by atoms with Crippen LogP contribution in [0.3, 0.4) is 0 Å². The predicted octanol–water partition coefficient (Wildman–Crippen LogP) is 9.83. The molecule has 0 spiro atoms. The van der Waals surface area contributed by atoms with Crippen molar-refractivity contribution in [1.82, 2.24) is 0 Å². The molecule has 308 valence electrons. The molecule has 3 aliphatic rings. The van der Waals surface area contributed by atoms with E-state index in [2.05, 4.69) is 24.8 Å². The second-order valence-electron chi connectivity index (χ2n) is 15.2. The summed E-state index contributed by atoms with van der Waals surface area (Å²) in [6.07, 6.45) is 9.98. The van der Waals surface area contributed by atoms with Gasteiger partial charge in [-0.25, -0.2) is 0 Å². The molecule has 1 aliphatic heterocycles. The van der Waals surface area contributed by atoms with Gasteiger partial charge in [0.2, 0.25) is 5.79 Å². The van der Waals surface area contributed by atoms with Crippen LogP contribution >= 0.6 is 11.8 Å². The Morgan fingerprint density at radius 1 is 0.932 bits per heavy atom. The number of benzene rings is 4. The quantitative estimate of drug-likeness (QED) is 0.0290. The molecule has 2 aliphatic carbocycles. The smallest absolute Gasteiger partial charge is 0.269 e. The highest BCUT2D eigenvalue weighted by Gasteiger charge is 2.64. The molecule has 1 heterocycles. The number of hydrogen-bond acceptors (Lipinski definition) is 11. The van der Waals surface area contributed by atoms with Gasteiger partial charge >= 0.3 is 0 Å². The summed E-state index contributed by atoms with van der Waals surface area (Å²) < 4.78 is 20.7. The molecule has 0 amide bonds. The molecule has 0 aromatic heterocycles. The number of nitro benzene ring substituents is 1. The Kier molecular flexibility index (Phi) is 13.9. The molecule has 0 radical (unpaired) electrons. The van der Waals surface area contributed by atoms with Crippen LogP contribution in [0.15, 0.2) is 131 Å². The van der Waals surface area contributed by atoms with Gasteiger partial charge in [-0.05, 0) is 103 Å².